The summed E-state index contributed by atoms with van der Waals surface area (Å²) in [5.41, 5.74) is 0. The molecule has 0 aromatic rings. The summed E-state index contributed by atoms with van der Waals surface area (Å²) >= 11 is 0. The smallest absolute Gasteiger partial charge is 0.0414 e. The largest absolute Gasteiger partial charge is 0.0625 e. The molecule has 0 aliphatic heterocycles. The molecule has 0 aliphatic rings. The van der Waals surface area contributed by atoms with Gasteiger partial charge in [-0.15, -0.1) is 0 Å². The first-order chi connectivity index (χ1) is 5.56. The average Bonchev–Trinajstić information content (AvgIpc) is 1.84. The summed E-state index contributed by atoms with van der Waals surface area (Å²) in [4.78, 5) is 0. The molecule has 0 saturated carbocycles. The highest BCUT2D eigenvalue weighted by atomic mass is 14.1. The van der Waals surface area contributed by atoms with E-state index in [2.05, 4.69) is 41.0 Å². The lowest BCUT2D eigenvalue weighted by atomic mass is 9.88. The lowest BCUT2D eigenvalue weighted by Gasteiger charge is -2.18. The zero-order chi connectivity index (χ0) is 9.56. The van der Waals surface area contributed by atoms with Crippen molar-refractivity contribution in [3.63, 3.8) is 0 Å². The Hall–Kier alpha value is 0. The van der Waals surface area contributed by atoms with Crippen molar-refractivity contribution < 1.29 is 0 Å². The molecule has 2 radical (unpaired) electrons. The van der Waals surface area contributed by atoms with Crippen LogP contribution in [-0.2, 0) is 0 Å². The topological polar surface area (TPSA) is 0 Å². The van der Waals surface area contributed by atoms with Gasteiger partial charge in [0.1, 0.15) is 0 Å². The molecule has 0 N–H and O–H groups in total. The summed E-state index contributed by atoms with van der Waals surface area (Å²) in [5, 5.41) is 0. The highest BCUT2D eigenvalue weighted by Crippen LogP contribution is 2.21. The standard InChI is InChI=1S/C12H24/c1-6-7-11(4)9-12(5)8-10(2)3/h6,10-12H,2,7-9H2,1,3-5H3. The van der Waals surface area contributed by atoms with E-state index in [4.69, 9.17) is 0 Å². The Bertz CT molecular complexity index is 94.2. The molecule has 3 atom stereocenters. The third-order valence-corrected chi connectivity index (χ3v) is 2.25. The molecular weight excluding hydrogens is 144 g/mol. The van der Waals surface area contributed by atoms with Crippen LogP contribution in [0.25, 0.3) is 0 Å². The minimum absolute atomic E-state index is 0.609. The van der Waals surface area contributed by atoms with Gasteiger partial charge in [0.15, 0.2) is 0 Å². The second-order valence-corrected chi connectivity index (χ2v) is 4.43. The van der Waals surface area contributed by atoms with Crippen LogP contribution in [0.2, 0.25) is 0 Å². The fraction of sp³-hybridized carbons (Fsp3) is 0.833. The van der Waals surface area contributed by atoms with Gasteiger partial charge in [-0.1, -0.05) is 34.6 Å². The predicted octanol–water partition coefficient (Wildman–Crippen LogP) is 4.12. The lowest BCUT2D eigenvalue weighted by molar-refractivity contribution is 0.364. The van der Waals surface area contributed by atoms with Crippen molar-refractivity contribution in [1.29, 1.82) is 0 Å². The molecule has 0 aliphatic carbocycles. The van der Waals surface area contributed by atoms with Gasteiger partial charge in [-0.2, -0.15) is 0 Å². The third-order valence-electron chi connectivity index (χ3n) is 2.25. The second kappa shape index (κ2) is 6.51. The first-order valence-electron chi connectivity index (χ1n) is 5.17. The Labute approximate surface area is 78.8 Å². The summed E-state index contributed by atoms with van der Waals surface area (Å²) in [6.07, 6.45) is 6.15. The van der Waals surface area contributed by atoms with Crippen LogP contribution < -0.4 is 0 Å². The van der Waals surface area contributed by atoms with E-state index < -0.39 is 0 Å². The maximum absolute atomic E-state index is 4.02. The zero-order valence-electron chi connectivity index (χ0n) is 9.14. The molecule has 0 heteroatoms. The normalized spacial score (nSPS) is 16.5. The zero-order valence-corrected chi connectivity index (χ0v) is 9.14. The van der Waals surface area contributed by atoms with E-state index in [0.717, 1.165) is 11.8 Å². The molecule has 0 rings (SSSR count). The molecule has 0 saturated heterocycles. The molecule has 0 fully saturated rings. The molecule has 0 aromatic heterocycles. The molecule has 3 unspecified atom stereocenters. The Kier molecular flexibility index (Phi) is 6.51. The van der Waals surface area contributed by atoms with E-state index in [1.165, 1.54) is 19.3 Å². The highest BCUT2D eigenvalue weighted by Gasteiger charge is 2.09. The number of rotatable bonds is 6. The van der Waals surface area contributed by atoms with E-state index >= 15 is 0 Å². The van der Waals surface area contributed by atoms with Crippen molar-refractivity contribution in [1.82, 2.24) is 0 Å². The molecule has 0 nitrogen and oxygen atoms in total. The van der Waals surface area contributed by atoms with Gasteiger partial charge in [-0.05, 0) is 43.4 Å². The molecule has 0 spiro atoms. The van der Waals surface area contributed by atoms with E-state index in [9.17, 15) is 0 Å². The van der Waals surface area contributed by atoms with Crippen LogP contribution in [0, 0.1) is 31.1 Å². The minimum atomic E-state index is 0.609. The van der Waals surface area contributed by atoms with E-state index in [1.54, 1.807) is 0 Å². The Morgan fingerprint density at radius 1 is 1.08 bits per heavy atom. The van der Waals surface area contributed by atoms with Crippen molar-refractivity contribution in [2.24, 2.45) is 17.8 Å². The van der Waals surface area contributed by atoms with Crippen LogP contribution in [0.3, 0.4) is 0 Å². The van der Waals surface area contributed by atoms with E-state index in [-0.39, 0.29) is 0 Å². The van der Waals surface area contributed by atoms with Gasteiger partial charge in [0.25, 0.3) is 0 Å². The SMILES string of the molecule is [CH2]C(C)CC(C)CC(C)C[CH]C. The lowest BCUT2D eigenvalue weighted by Crippen LogP contribution is -2.06. The Morgan fingerprint density at radius 2 is 1.67 bits per heavy atom. The van der Waals surface area contributed by atoms with Crippen molar-refractivity contribution in [3.8, 4) is 0 Å². The van der Waals surface area contributed by atoms with Gasteiger partial charge in [-0.25, -0.2) is 0 Å². The van der Waals surface area contributed by atoms with Crippen LogP contribution in [0.4, 0.5) is 0 Å². The molecule has 72 valence electrons. The number of hydrogen-bond donors (Lipinski definition) is 0. The molecule has 0 aromatic carbocycles. The second-order valence-electron chi connectivity index (χ2n) is 4.43. The fourth-order valence-corrected chi connectivity index (χ4v) is 1.97. The fourth-order valence-electron chi connectivity index (χ4n) is 1.97. The summed E-state index contributed by atoms with van der Waals surface area (Å²) in [6, 6.07) is 0. The first-order valence-corrected chi connectivity index (χ1v) is 5.17. The summed E-state index contributed by atoms with van der Waals surface area (Å²) in [5.74, 6) is 2.30. The minimum Gasteiger partial charge on any atom is -0.0625 e. The maximum Gasteiger partial charge on any atom is -0.0414 e. The van der Waals surface area contributed by atoms with Crippen molar-refractivity contribution in [2.75, 3.05) is 0 Å². The summed E-state index contributed by atoms with van der Waals surface area (Å²) < 4.78 is 0. The number of hydrogen-bond acceptors (Lipinski definition) is 0. The summed E-state index contributed by atoms with van der Waals surface area (Å²) in [6.45, 7) is 13.0. The molecule has 0 heterocycles. The molecular formula is C12H24. The third kappa shape index (κ3) is 6.69. The van der Waals surface area contributed by atoms with E-state index in [1.807, 2.05) is 0 Å². The van der Waals surface area contributed by atoms with Crippen LogP contribution >= 0.6 is 0 Å². The van der Waals surface area contributed by atoms with Crippen molar-refractivity contribution in [3.05, 3.63) is 13.3 Å². The van der Waals surface area contributed by atoms with E-state index in [0.29, 0.717) is 5.92 Å². The van der Waals surface area contributed by atoms with Gasteiger partial charge in [0.05, 0.1) is 0 Å². The molecule has 12 heavy (non-hydrogen) atoms. The quantitative estimate of drug-likeness (QED) is 0.559. The van der Waals surface area contributed by atoms with Gasteiger partial charge < -0.3 is 0 Å². The Balaban J connectivity index is 3.46. The van der Waals surface area contributed by atoms with Gasteiger partial charge in [-0.3, -0.25) is 0 Å². The van der Waals surface area contributed by atoms with Crippen LogP contribution in [0.1, 0.15) is 47.0 Å². The van der Waals surface area contributed by atoms with Crippen LogP contribution in [0.5, 0.6) is 0 Å². The maximum atomic E-state index is 4.02. The average molecular weight is 168 g/mol. The van der Waals surface area contributed by atoms with Gasteiger partial charge >= 0.3 is 0 Å². The van der Waals surface area contributed by atoms with Crippen LogP contribution in [-0.4, -0.2) is 0 Å². The van der Waals surface area contributed by atoms with Crippen LogP contribution in [0.15, 0.2) is 0 Å². The van der Waals surface area contributed by atoms with Gasteiger partial charge in [0, 0.05) is 0 Å². The predicted molar refractivity (Wildman–Crippen MR) is 56.7 cm³/mol. The molecule has 0 bridgehead atoms. The van der Waals surface area contributed by atoms with Crippen molar-refractivity contribution >= 4 is 0 Å². The Morgan fingerprint density at radius 3 is 2.08 bits per heavy atom. The highest BCUT2D eigenvalue weighted by molar-refractivity contribution is 4.68. The monoisotopic (exact) mass is 168 g/mol. The molecule has 0 amide bonds. The first kappa shape index (κ1) is 12.0. The summed E-state index contributed by atoms with van der Waals surface area (Å²) in [7, 11) is 0. The van der Waals surface area contributed by atoms with Crippen molar-refractivity contribution in [2.45, 2.75) is 47.0 Å². The van der Waals surface area contributed by atoms with Gasteiger partial charge in [0.2, 0.25) is 0 Å².